The zero-order chi connectivity index (χ0) is 21.4. The van der Waals surface area contributed by atoms with Gasteiger partial charge in [-0.25, -0.2) is 15.0 Å². The van der Waals surface area contributed by atoms with Crippen LogP contribution in [-0.2, 0) is 9.47 Å². The topological polar surface area (TPSA) is 135 Å². The number of aliphatic hydroxyl groups is 3. The Balaban J connectivity index is 1.52. The molecule has 0 amide bonds. The van der Waals surface area contributed by atoms with E-state index in [9.17, 15) is 15.3 Å². The molecule has 1 saturated heterocycles. The van der Waals surface area contributed by atoms with Crippen LogP contribution in [0.5, 0.6) is 0 Å². The van der Waals surface area contributed by atoms with E-state index in [0.29, 0.717) is 28.9 Å². The number of nitrogens with zero attached hydrogens (tertiary/aromatic N) is 4. The summed E-state index contributed by atoms with van der Waals surface area (Å²) in [5, 5.41) is 34.3. The summed E-state index contributed by atoms with van der Waals surface area (Å²) in [6, 6.07) is 0.345. The largest absolute Gasteiger partial charge is 0.387 e. The molecule has 2 fully saturated rings. The molecule has 0 spiro atoms. The van der Waals surface area contributed by atoms with Gasteiger partial charge in [-0.1, -0.05) is 27.2 Å². The molecule has 166 valence electrons. The van der Waals surface area contributed by atoms with E-state index in [2.05, 4.69) is 27.2 Å². The molecule has 0 aromatic carbocycles. The van der Waals surface area contributed by atoms with Crippen molar-refractivity contribution in [1.29, 1.82) is 0 Å². The van der Waals surface area contributed by atoms with Gasteiger partial charge in [-0.05, 0) is 18.8 Å². The summed E-state index contributed by atoms with van der Waals surface area (Å²) in [5.41, 5.74) is 1.11. The van der Waals surface area contributed by atoms with Gasteiger partial charge >= 0.3 is 0 Å². The molecule has 2 aromatic heterocycles. The lowest BCUT2D eigenvalue weighted by Crippen LogP contribution is -2.35. The van der Waals surface area contributed by atoms with E-state index < -0.39 is 30.8 Å². The number of aliphatic hydroxyl groups excluding tert-OH is 3. The number of hydrogen-bond donors (Lipinski definition) is 4. The lowest BCUT2D eigenvalue weighted by molar-refractivity contribution is -0.160. The second-order valence-electron chi connectivity index (χ2n) is 8.72. The monoisotopic (exact) mass is 421 g/mol. The SMILES string of the molecule is CC(C)C(O)OCC1OC(n2cnc3c(NC4CCC[C@@H]4C)ncnc32)[C@H](O)[C@@H]1O. The van der Waals surface area contributed by atoms with Crippen LogP contribution in [0.4, 0.5) is 5.82 Å². The minimum atomic E-state index is -1.19. The Kier molecular flexibility index (Phi) is 6.21. The fourth-order valence-electron chi connectivity index (χ4n) is 4.16. The molecule has 1 saturated carbocycles. The van der Waals surface area contributed by atoms with Crippen LogP contribution < -0.4 is 5.32 Å². The molecule has 0 bridgehead atoms. The van der Waals surface area contributed by atoms with Crippen molar-refractivity contribution in [3.05, 3.63) is 12.7 Å². The number of rotatable bonds is 7. The van der Waals surface area contributed by atoms with Gasteiger partial charge in [0.1, 0.15) is 24.6 Å². The molecule has 0 radical (unpaired) electrons. The molecular weight excluding hydrogens is 390 g/mol. The Morgan fingerprint density at radius 2 is 2.03 bits per heavy atom. The summed E-state index contributed by atoms with van der Waals surface area (Å²) in [4.78, 5) is 13.1. The molecule has 30 heavy (non-hydrogen) atoms. The molecule has 4 unspecified atom stereocenters. The van der Waals surface area contributed by atoms with Crippen LogP contribution in [0, 0.1) is 11.8 Å². The quantitative estimate of drug-likeness (QED) is 0.484. The minimum absolute atomic E-state index is 0.0396. The van der Waals surface area contributed by atoms with Crippen molar-refractivity contribution in [1.82, 2.24) is 19.5 Å². The first-order valence-corrected chi connectivity index (χ1v) is 10.6. The Labute approximate surface area is 175 Å². The molecular formula is C20H31N5O5. The van der Waals surface area contributed by atoms with Crippen molar-refractivity contribution >= 4 is 17.0 Å². The van der Waals surface area contributed by atoms with Crippen LogP contribution in [0.1, 0.15) is 46.3 Å². The van der Waals surface area contributed by atoms with Gasteiger partial charge in [0.15, 0.2) is 29.5 Å². The van der Waals surface area contributed by atoms with Gasteiger partial charge in [0.25, 0.3) is 0 Å². The third-order valence-electron chi connectivity index (χ3n) is 6.16. The van der Waals surface area contributed by atoms with Crippen LogP contribution in [0.15, 0.2) is 12.7 Å². The van der Waals surface area contributed by atoms with E-state index in [0.717, 1.165) is 6.42 Å². The van der Waals surface area contributed by atoms with Gasteiger partial charge in [-0.15, -0.1) is 0 Å². The van der Waals surface area contributed by atoms with Crippen LogP contribution >= 0.6 is 0 Å². The van der Waals surface area contributed by atoms with Crippen molar-refractivity contribution in [2.75, 3.05) is 11.9 Å². The third kappa shape index (κ3) is 4.02. The van der Waals surface area contributed by atoms with Crippen LogP contribution in [0.3, 0.4) is 0 Å². The van der Waals surface area contributed by atoms with Crippen molar-refractivity contribution in [2.45, 2.75) is 76.9 Å². The van der Waals surface area contributed by atoms with Crippen LogP contribution in [0.2, 0.25) is 0 Å². The fourth-order valence-corrected chi connectivity index (χ4v) is 4.16. The fraction of sp³-hybridized carbons (Fsp3) is 0.750. The summed E-state index contributed by atoms with van der Waals surface area (Å²) in [7, 11) is 0. The maximum atomic E-state index is 10.6. The smallest absolute Gasteiger partial charge is 0.167 e. The lowest BCUT2D eigenvalue weighted by Gasteiger charge is -2.20. The van der Waals surface area contributed by atoms with Crippen molar-refractivity contribution in [3.63, 3.8) is 0 Å². The number of ether oxygens (including phenoxy) is 2. The summed E-state index contributed by atoms with van der Waals surface area (Å²) < 4.78 is 12.8. The maximum Gasteiger partial charge on any atom is 0.167 e. The van der Waals surface area contributed by atoms with Crippen molar-refractivity contribution in [3.8, 4) is 0 Å². The Morgan fingerprint density at radius 1 is 1.23 bits per heavy atom. The minimum Gasteiger partial charge on any atom is -0.387 e. The van der Waals surface area contributed by atoms with Gasteiger partial charge in [0.2, 0.25) is 0 Å². The molecule has 4 rings (SSSR count). The highest BCUT2D eigenvalue weighted by Crippen LogP contribution is 2.34. The number of fused-ring (bicyclic) bond motifs is 1. The van der Waals surface area contributed by atoms with E-state index in [1.807, 2.05) is 13.8 Å². The normalized spacial score (nSPS) is 32.9. The average Bonchev–Trinajstić information content (AvgIpc) is 3.40. The van der Waals surface area contributed by atoms with E-state index in [1.54, 1.807) is 4.57 Å². The Hall–Kier alpha value is -1.85. The molecule has 1 aliphatic heterocycles. The third-order valence-corrected chi connectivity index (χ3v) is 6.16. The molecule has 3 heterocycles. The van der Waals surface area contributed by atoms with Crippen LogP contribution in [0.25, 0.3) is 11.2 Å². The first-order chi connectivity index (χ1) is 14.4. The molecule has 7 atom stereocenters. The van der Waals surface area contributed by atoms with E-state index in [-0.39, 0.29) is 12.5 Å². The van der Waals surface area contributed by atoms with Gasteiger partial charge in [0.05, 0.1) is 12.9 Å². The number of imidazole rings is 1. The number of anilines is 1. The van der Waals surface area contributed by atoms with E-state index in [1.165, 1.54) is 25.5 Å². The van der Waals surface area contributed by atoms with E-state index >= 15 is 0 Å². The first-order valence-electron chi connectivity index (χ1n) is 10.6. The average molecular weight is 421 g/mol. The first kappa shape index (κ1) is 21.4. The summed E-state index contributed by atoms with van der Waals surface area (Å²) in [5.74, 6) is 1.13. The highest BCUT2D eigenvalue weighted by Gasteiger charge is 2.44. The second-order valence-corrected chi connectivity index (χ2v) is 8.72. The number of hydrogen-bond acceptors (Lipinski definition) is 9. The van der Waals surface area contributed by atoms with E-state index in [4.69, 9.17) is 9.47 Å². The number of nitrogens with one attached hydrogen (secondary N) is 1. The Bertz CT molecular complexity index is 861. The zero-order valence-corrected chi connectivity index (χ0v) is 17.5. The lowest BCUT2D eigenvalue weighted by atomic mass is 10.1. The molecule has 2 aromatic rings. The molecule has 10 heteroatoms. The standard InChI is InChI=1S/C20H31N5O5/c1-10(2)20(28)29-7-13-15(26)16(27)19(30-13)25-9-23-14-17(21-8-22-18(14)25)24-12-6-4-5-11(12)3/h8-13,15-16,19-20,26-28H,4-7H2,1-3H3,(H,21,22,24)/t11-,12?,13?,15+,16+,19?,20?/m0/s1. The highest BCUT2D eigenvalue weighted by molar-refractivity contribution is 5.82. The zero-order valence-electron chi connectivity index (χ0n) is 17.5. The highest BCUT2D eigenvalue weighted by atomic mass is 16.6. The summed E-state index contributed by atoms with van der Waals surface area (Å²) in [6.07, 6.45) is 1.50. The molecule has 10 nitrogen and oxygen atoms in total. The predicted molar refractivity (Wildman–Crippen MR) is 108 cm³/mol. The number of aromatic nitrogens is 4. The van der Waals surface area contributed by atoms with Crippen LogP contribution in [-0.4, -0.2) is 72.1 Å². The van der Waals surface area contributed by atoms with Gasteiger partial charge in [-0.3, -0.25) is 4.57 Å². The van der Waals surface area contributed by atoms with Gasteiger partial charge in [0, 0.05) is 12.0 Å². The molecule has 4 N–H and O–H groups in total. The van der Waals surface area contributed by atoms with Gasteiger partial charge < -0.3 is 30.1 Å². The summed E-state index contributed by atoms with van der Waals surface area (Å²) >= 11 is 0. The van der Waals surface area contributed by atoms with Gasteiger partial charge in [-0.2, -0.15) is 0 Å². The summed E-state index contributed by atoms with van der Waals surface area (Å²) in [6.45, 7) is 5.83. The molecule has 2 aliphatic rings. The van der Waals surface area contributed by atoms with Crippen molar-refractivity contribution in [2.24, 2.45) is 11.8 Å². The predicted octanol–water partition coefficient (Wildman–Crippen LogP) is 1.04. The second kappa shape index (κ2) is 8.72. The maximum absolute atomic E-state index is 10.6. The Morgan fingerprint density at radius 3 is 2.73 bits per heavy atom. The molecule has 1 aliphatic carbocycles. The van der Waals surface area contributed by atoms with Crippen molar-refractivity contribution < 1.29 is 24.8 Å².